The molecule has 2 aromatic rings. The number of ether oxygens (including phenoxy) is 2. The molecule has 1 unspecified atom stereocenters. The van der Waals surface area contributed by atoms with E-state index < -0.39 is 17.9 Å². The number of benzene rings is 1. The quantitative estimate of drug-likeness (QED) is 0.435. The van der Waals surface area contributed by atoms with Crippen LogP contribution in [0, 0.1) is 14.9 Å². The Morgan fingerprint density at radius 1 is 1.16 bits per heavy atom. The maximum atomic E-state index is 13.2. The molecule has 2 heterocycles. The fourth-order valence-electron chi connectivity index (χ4n) is 3.47. The predicted octanol–water partition coefficient (Wildman–Crippen LogP) is 3.36. The summed E-state index contributed by atoms with van der Waals surface area (Å²) >= 11 is 2.15. The van der Waals surface area contributed by atoms with Gasteiger partial charge in [0.2, 0.25) is 0 Å². The maximum Gasteiger partial charge on any atom is 0.355 e. The van der Waals surface area contributed by atoms with Gasteiger partial charge in [-0.1, -0.05) is 6.07 Å². The van der Waals surface area contributed by atoms with Gasteiger partial charge < -0.3 is 15.2 Å². The molecule has 0 radical (unpaired) electrons. The zero-order chi connectivity index (χ0) is 23.3. The molecule has 8 nitrogen and oxygen atoms in total. The minimum Gasteiger partial charge on any atom is -0.463 e. The van der Waals surface area contributed by atoms with Crippen molar-refractivity contribution in [1.29, 1.82) is 5.26 Å². The molecule has 9 heteroatoms. The molecule has 0 saturated heterocycles. The summed E-state index contributed by atoms with van der Waals surface area (Å²) in [7, 11) is 0. The van der Waals surface area contributed by atoms with E-state index in [2.05, 4.69) is 33.6 Å². The molecule has 3 rings (SSSR count). The topological polar surface area (TPSA) is 119 Å². The van der Waals surface area contributed by atoms with Crippen LogP contribution in [0.1, 0.15) is 25.3 Å². The Kier molecular flexibility index (Phi) is 7.48. The lowest BCUT2D eigenvalue weighted by Gasteiger charge is -2.36. The number of pyridine rings is 1. The van der Waals surface area contributed by atoms with Gasteiger partial charge in [0.15, 0.2) is 0 Å². The second kappa shape index (κ2) is 10.3. The largest absolute Gasteiger partial charge is 0.463 e. The Bertz CT molecular complexity index is 1120. The van der Waals surface area contributed by atoms with E-state index in [0.29, 0.717) is 11.3 Å². The number of hydrogen-bond acceptors (Lipinski definition) is 8. The third-order valence-corrected chi connectivity index (χ3v) is 5.48. The molecule has 1 aromatic heterocycles. The molecule has 0 aliphatic carbocycles. The summed E-state index contributed by atoms with van der Waals surface area (Å²) in [5.74, 6) is -2.39. The Labute approximate surface area is 199 Å². The third kappa shape index (κ3) is 4.45. The highest BCUT2D eigenvalue weighted by Crippen LogP contribution is 2.43. The van der Waals surface area contributed by atoms with Gasteiger partial charge in [-0.25, -0.2) is 9.59 Å². The van der Waals surface area contributed by atoms with Crippen molar-refractivity contribution < 1.29 is 19.1 Å². The number of halogens is 1. The molecule has 1 aliphatic heterocycles. The summed E-state index contributed by atoms with van der Waals surface area (Å²) in [5.41, 5.74) is 7.48. The van der Waals surface area contributed by atoms with E-state index in [0.717, 1.165) is 3.57 Å². The monoisotopic (exact) mass is 544 g/mol. The number of hydrogen-bond donors (Lipinski definition) is 1. The normalized spacial score (nSPS) is 15.9. The van der Waals surface area contributed by atoms with E-state index in [1.54, 1.807) is 44.3 Å². The molecule has 1 atom stereocenters. The van der Waals surface area contributed by atoms with Gasteiger partial charge in [0, 0.05) is 21.7 Å². The summed E-state index contributed by atoms with van der Waals surface area (Å²) in [5, 5.41) is 10.0. The summed E-state index contributed by atoms with van der Waals surface area (Å²) in [6.07, 6.45) is 3.10. The summed E-state index contributed by atoms with van der Waals surface area (Å²) in [4.78, 5) is 31.9. The number of carbonyl (C=O) groups is 2. The van der Waals surface area contributed by atoms with Crippen molar-refractivity contribution in [3.05, 3.63) is 80.6 Å². The van der Waals surface area contributed by atoms with Crippen LogP contribution in [0.3, 0.4) is 0 Å². The van der Waals surface area contributed by atoms with Gasteiger partial charge >= 0.3 is 11.9 Å². The van der Waals surface area contributed by atoms with Crippen molar-refractivity contribution in [2.75, 3.05) is 18.1 Å². The Morgan fingerprint density at radius 2 is 1.81 bits per heavy atom. The maximum absolute atomic E-state index is 13.2. The van der Waals surface area contributed by atoms with Gasteiger partial charge in [-0.2, -0.15) is 5.26 Å². The first-order valence-electron chi connectivity index (χ1n) is 9.88. The van der Waals surface area contributed by atoms with Crippen LogP contribution < -0.4 is 10.6 Å². The summed E-state index contributed by atoms with van der Waals surface area (Å²) in [6.45, 7) is 3.50. The molecule has 2 N–H and O–H groups in total. The van der Waals surface area contributed by atoms with Gasteiger partial charge in [-0.15, -0.1) is 0 Å². The summed E-state index contributed by atoms with van der Waals surface area (Å²) < 4.78 is 11.6. The molecule has 32 heavy (non-hydrogen) atoms. The van der Waals surface area contributed by atoms with Crippen molar-refractivity contribution >= 4 is 40.2 Å². The number of esters is 2. The number of allylic oxidation sites excluding steroid dienone is 1. The van der Waals surface area contributed by atoms with E-state index in [1.165, 1.54) is 11.1 Å². The Morgan fingerprint density at radius 3 is 2.38 bits per heavy atom. The van der Waals surface area contributed by atoms with Crippen molar-refractivity contribution in [2.45, 2.75) is 19.8 Å². The third-order valence-electron chi connectivity index (χ3n) is 4.76. The van der Waals surface area contributed by atoms with E-state index >= 15 is 0 Å². The minimum absolute atomic E-state index is 0.0254. The number of nitrogens with zero attached hydrogens (tertiary/aromatic N) is 3. The number of anilines is 1. The number of aromatic nitrogens is 1. The number of nitrogens with two attached hydrogens (primary N) is 1. The van der Waals surface area contributed by atoms with Crippen LogP contribution in [0.4, 0.5) is 5.69 Å². The van der Waals surface area contributed by atoms with Crippen LogP contribution in [0.5, 0.6) is 0 Å². The van der Waals surface area contributed by atoms with Crippen LogP contribution >= 0.6 is 22.6 Å². The lowest BCUT2D eigenvalue weighted by atomic mass is 9.81. The molecule has 1 aliphatic rings. The molecule has 1 aromatic carbocycles. The van der Waals surface area contributed by atoms with Crippen LogP contribution in [0.2, 0.25) is 0 Å². The molecule has 0 bridgehead atoms. The van der Waals surface area contributed by atoms with Crippen molar-refractivity contribution in [2.24, 2.45) is 5.73 Å². The number of nitriles is 1. The van der Waals surface area contributed by atoms with Crippen molar-refractivity contribution in [1.82, 2.24) is 4.98 Å². The van der Waals surface area contributed by atoms with Crippen LogP contribution in [0.15, 0.2) is 71.5 Å². The van der Waals surface area contributed by atoms with Gasteiger partial charge in [0.05, 0.1) is 36.3 Å². The van der Waals surface area contributed by atoms with E-state index in [9.17, 15) is 14.9 Å². The van der Waals surface area contributed by atoms with Gasteiger partial charge in [-0.05, 0) is 72.3 Å². The van der Waals surface area contributed by atoms with E-state index in [-0.39, 0.29) is 35.9 Å². The smallest absolute Gasteiger partial charge is 0.355 e. The molecular formula is C23H21IN4O4. The van der Waals surface area contributed by atoms with Crippen molar-refractivity contribution in [3.8, 4) is 6.07 Å². The second-order valence-corrected chi connectivity index (χ2v) is 7.89. The zero-order valence-electron chi connectivity index (χ0n) is 17.5. The lowest BCUT2D eigenvalue weighted by molar-refractivity contribution is -0.142. The lowest BCUT2D eigenvalue weighted by Crippen LogP contribution is -2.41. The average molecular weight is 544 g/mol. The first-order valence-corrected chi connectivity index (χ1v) is 11.0. The second-order valence-electron chi connectivity index (χ2n) is 6.65. The van der Waals surface area contributed by atoms with Crippen LogP contribution in [0.25, 0.3) is 0 Å². The van der Waals surface area contributed by atoms with E-state index in [4.69, 9.17) is 15.2 Å². The van der Waals surface area contributed by atoms with Gasteiger partial charge in [0.1, 0.15) is 11.5 Å². The highest BCUT2D eigenvalue weighted by Gasteiger charge is 2.43. The first-order chi connectivity index (χ1) is 15.4. The van der Waals surface area contributed by atoms with E-state index in [1.807, 2.05) is 12.1 Å². The molecule has 0 fully saturated rings. The number of carbonyl (C=O) groups excluding carboxylic acids is 2. The predicted molar refractivity (Wildman–Crippen MR) is 126 cm³/mol. The highest BCUT2D eigenvalue weighted by atomic mass is 127. The van der Waals surface area contributed by atoms with Crippen molar-refractivity contribution in [3.63, 3.8) is 0 Å². The molecule has 0 spiro atoms. The SMILES string of the molecule is CCOC(=O)C1=C(C(=O)OCC)N(c2ccc(I)cc2)C(N)=C(C#N)C1c1cccnc1. The van der Waals surface area contributed by atoms with Gasteiger partial charge in [0.25, 0.3) is 0 Å². The zero-order valence-corrected chi connectivity index (χ0v) is 19.7. The molecule has 0 amide bonds. The minimum atomic E-state index is -0.938. The Balaban J connectivity index is 2.38. The molecular weight excluding hydrogens is 523 g/mol. The fourth-order valence-corrected chi connectivity index (χ4v) is 3.83. The highest BCUT2D eigenvalue weighted by molar-refractivity contribution is 14.1. The average Bonchev–Trinajstić information content (AvgIpc) is 2.79. The number of rotatable bonds is 6. The molecule has 0 saturated carbocycles. The Hall–Kier alpha value is -3.39. The molecule has 164 valence electrons. The fraction of sp³-hybridized carbons (Fsp3) is 0.217. The standard InChI is InChI=1S/C23H21IN4O4/c1-3-31-22(29)19-18(14-6-5-11-27-13-14)17(12-25)21(26)28(20(19)23(30)32-4-2)16-9-7-15(24)8-10-16/h5-11,13,18H,3-4,26H2,1-2H3. The van der Waals surface area contributed by atoms with Crippen LogP contribution in [-0.2, 0) is 19.1 Å². The summed E-state index contributed by atoms with van der Waals surface area (Å²) in [6, 6.07) is 12.7. The first kappa shape index (κ1) is 23.3. The van der Waals surface area contributed by atoms with Gasteiger partial charge in [-0.3, -0.25) is 9.88 Å². The van der Waals surface area contributed by atoms with Crippen LogP contribution in [-0.4, -0.2) is 30.1 Å².